The molecule has 14 heavy (non-hydrogen) atoms. The second-order valence-electron chi connectivity index (χ2n) is 4.87. The van der Waals surface area contributed by atoms with E-state index in [1.54, 1.807) is 0 Å². The molecule has 0 saturated heterocycles. The fraction of sp³-hybridized carbons (Fsp3) is 0.667. The Kier molecular flexibility index (Phi) is 1.91. The molecule has 0 spiro atoms. The molecule has 1 heterocycles. The van der Waals surface area contributed by atoms with E-state index in [1.165, 1.54) is 19.3 Å². The first-order valence-electron chi connectivity index (χ1n) is 5.71. The van der Waals surface area contributed by atoms with Crippen molar-refractivity contribution in [2.45, 2.75) is 31.3 Å². The maximum Gasteiger partial charge on any atom is 0.0470 e. The van der Waals surface area contributed by atoms with E-state index in [0.717, 1.165) is 18.4 Å². The van der Waals surface area contributed by atoms with Gasteiger partial charge in [0, 0.05) is 18.6 Å². The minimum absolute atomic E-state index is 0.421. The SMILES string of the molecule is NC1C2CCC(C2)C1N1C=CC=CC1. The molecule has 2 saturated carbocycles. The summed E-state index contributed by atoms with van der Waals surface area (Å²) in [6.45, 7) is 1.05. The molecule has 2 aliphatic carbocycles. The van der Waals surface area contributed by atoms with Crippen LogP contribution in [0.5, 0.6) is 0 Å². The van der Waals surface area contributed by atoms with Crippen LogP contribution >= 0.6 is 0 Å². The van der Waals surface area contributed by atoms with Gasteiger partial charge < -0.3 is 10.6 Å². The highest BCUT2D eigenvalue weighted by Crippen LogP contribution is 2.46. The molecule has 2 fully saturated rings. The Bertz CT molecular complexity index is 280. The molecule has 2 N–H and O–H groups in total. The van der Waals surface area contributed by atoms with E-state index in [0.29, 0.717) is 12.1 Å². The van der Waals surface area contributed by atoms with Gasteiger partial charge in [-0.3, -0.25) is 0 Å². The van der Waals surface area contributed by atoms with Crippen LogP contribution in [0.4, 0.5) is 0 Å². The van der Waals surface area contributed by atoms with Gasteiger partial charge in [0.25, 0.3) is 0 Å². The van der Waals surface area contributed by atoms with Crippen molar-refractivity contribution < 1.29 is 0 Å². The zero-order chi connectivity index (χ0) is 9.54. The first-order chi connectivity index (χ1) is 6.86. The van der Waals surface area contributed by atoms with Crippen molar-refractivity contribution in [2.24, 2.45) is 17.6 Å². The van der Waals surface area contributed by atoms with Crippen molar-refractivity contribution >= 4 is 0 Å². The van der Waals surface area contributed by atoms with Gasteiger partial charge in [-0.15, -0.1) is 0 Å². The lowest BCUT2D eigenvalue weighted by Gasteiger charge is -2.37. The topological polar surface area (TPSA) is 29.3 Å². The van der Waals surface area contributed by atoms with E-state index in [9.17, 15) is 0 Å². The highest BCUT2D eigenvalue weighted by Gasteiger charge is 2.47. The van der Waals surface area contributed by atoms with Gasteiger partial charge in [0.1, 0.15) is 0 Å². The lowest BCUT2D eigenvalue weighted by Crippen LogP contribution is -2.49. The van der Waals surface area contributed by atoms with Gasteiger partial charge in [0.2, 0.25) is 0 Å². The van der Waals surface area contributed by atoms with Crippen LogP contribution in [0.1, 0.15) is 19.3 Å². The fourth-order valence-corrected chi connectivity index (χ4v) is 3.50. The standard InChI is InChI=1S/C12H18N2/c13-11-9-4-5-10(8-9)12(11)14-6-2-1-3-7-14/h1-3,6,9-12H,4-5,7-8,13H2. The third-order valence-corrected chi connectivity index (χ3v) is 4.16. The molecule has 2 nitrogen and oxygen atoms in total. The number of hydrogen-bond donors (Lipinski definition) is 1. The zero-order valence-corrected chi connectivity index (χ0v) is 8.47. The van der Waals surface area contributed by atoms with Crippen molar-refractivity contribution in [1.82, 2.24) is 4.90 Å². The molecule has 3 rings (SSSR count). The zero-order valence-electron chi connectivity index (χ0n) is 8.47. The Morgan fingerprint density at radius 2 is 2.00 bits per heavy atom. The van der Waals surface area contributed by atoms with Gasteiger partial charge in [-0.25, -0.2) is 0 Å². The fourth-order valence-electron chi connectivity index (χ4n) is 3.50. The first kappa shape index (κ1) is 8.54. The summed E-state index contributed by atoms with van der Waals surface area (Å²) in [4.78, 5) is 2.44. The predicted octanol–water partition coefficient (Wildman–Crippen LogP) is 1.50. The minimum Gasteiger partial charge on any atom is -0.369 e. The van der Waals surface area contributed by atoms with Crippen LogP contribution in [-0.4, -0.2) is 23.5 Å². The normalized spacial score (nSPS) is 45.1. The highest BCUT2D eigenvalue weighted by atomic mass is 15.2. The van der Waals surface area contributed by atoms with Crippen LogP contribution in [0, 0.1) is 11.8 Å². The number of nitrogens with two attached hydrogens (primary N) is 1. The summed E-state index contributed by atoms with van der Waals surface area (Å²) in [5.41, 5.74) is 6.30. The summed E-state index contributed by atoms with van der Waals surface area (Å²) in [5, 5.41) is 0. The van der Waals surface area contributed by atoms with E-state index in [-0.39, 0.29) is 0 Å². The van der Waals surface area contributed by atoms with Crippen LogP contribution < -0.4 is 5.73 Å². The molecular formula is C12H18N2. The monoisotopic (exact) mass is 190 g/mol. The van der Waals surface area contributed by atoms with Crippen molar-refractivity contribution in [3.8, 4) is 0 Å². The molecule has 0 aromatic heterocycles. The number of allylic oxidation sites excluding steroid dienone is 2. The molecule has 76 valence electrons. The van der Waals surface area contributed by atoms with Gasteiger partial charge in [0.15, 0.2) is 0 Å². The van der Waals surface area contributed by atoms with Gasteiger partial charge >= 0.3 is 0 Å². The average Bonchev–Trinajstić information content (AvgIpc) is 2.79. The van der Waals surface area contributed by atoms with E-state index in [1.807, 2.05) is 0 Å². The quantitative estimate of drug-likeness (QED) is 0.679. The van der Waals surface area contributed by atoms with Gasteiger partial charge in [-0.2, -0.15) is 0 Å². The minimum atomic E-state index is 0.421. The molecule has 3 aliphatic rings. The van der Waals surface area contributed by atoms with Crippen molar-refractivity contribution in [3.05, 3.63) is 24.4 Å². The van der Waals surface area contributed by atoms with E-state index < -0.39 is 0 Å². The van der Waals surface area contributed by atoms with E-state index in [4.69, 9.17) is 5.73 Å². The Labute approximate surface area is 85.5 Å². The average molecular weight is 190 g/mol. The van der Waals surface area contributed by atoms with Crippen LogP contribution in [0.2, 0.25) is 0 Å². The molecule has 1 aliphatic heterocycles. The predicted molar refractivity (Wildman–Crippen MR) is 57.6 cm³/mol. The second kappa shape index (κ2) is 3.13. The van der Waals surface area contributed by atoms with Gasteiger partial charge in [0.05, 0.1) is 0 Å². The van der Waals surface area contributed by atoms with Crippen LogP contribution in [0.25, 0.3) is 0 Å². The van der Waals surface area contributed by atoms with Gasteiger partial charge in [-0.1, -0.05) is 12.2 Å². The Hall–Kier alpha value is -0.760. The smallest absolute Gasteiger partial charge is 0.0470 e. The number of fused-ring (bicyclic) bond motifs is 2. The molecule has 2 bridgehead atoms. The Balaban J connectivity index is 1.78. The lowest BCUT2D eigenvalue weighted by atomic mass is 9.90. The van der Waals surface area contributed by atoms with Crippen molar-refractivity contribution in [2.75, 3.05) is 6.54 Å². The number of nitrogens with zero attached hydrogens (tertiary/aromatic N) is 1. The van der Waals surface area contributed by atoms with Gasteiger partial charge in [-0.05, 0) is 43.4 Å². The van der Waals surface area contributed by atoms with E-state index in [2.05, 4.69) is 29.3 Å². The largest absolute Gasteiger partial charge is 0.369 e. The van der Waals surface area contributed by atoms with E-state index >= 15 is 0 Å². The molecule has 4 unspecified atom stereocenters. The second-order valence-corrected chi connectivity index (χ2v) is 4.87. The molecule has 0 amide bonds. The molecule has 2 heteroatoms. The molecule has 0 aromatic rings. The molecule has 0 aromatic carbocycles. The van der Waals surface area contributed by atoms with Crippen LogP contribution in [0.3, 0.4) is 0 Å². The summed E-state index contributed by atoms with van der Waals surface area (Å²) < 4.78 is 0. The summed E-state index contributed by atoms with van der Waals surface area (Å²) in [6.07, 6.45) is 12.8. The lowest BCUT2D eigenvalue weighted by molar-refractivity contribution is 0.191. The number of rotatable bonds is 1. The Morgan fingerprint density at radius 1 is 1.14 bits per heavy atom. The first-order valence-corrected chi connectivity index (χ1v) is 5.71. The third-order valence-electron chi connectivity index (χ3n) is 4.16. The summed E-state index contributed by atoms with van der Waals surface area (Å²) in [6, 6.07) is 1.04. The third kappa shape index (κ3) is 1.13. The van der Waals surface area contributed by atoms with Crippen molar-refractivity contribution in [3.63, 3.8) is 0 Å². The summed E-state index contributed by atoms with van der Waals surface area (Å²) >= 11 is 0. The highest BCUT2D eigenvalue weighted by molar-refractivity contribution is 5.14. The molecule has 4 atom stereocenters. The maximum absolute atomic E-state index is 6.30. The van der Waals surface area contributed by atoms with Crippen molar-refractivity contribution in [1.29, 1.82) is 0 Å². The Morgan fingerprint density at radius 3 is 2.64 bits per heavy atom. The molecular weight excluding hydrogens is 172 g/mol. The summed E-state index contributed by atoms with van der Waals surface area (Å²) in [7, 11) is 0. The maximum atomic E-state index is 6.30. The van der Waals surface area contributed by atoms with Crippen LogP contribution in [-0.2, 0) is 0 Å². The number of hydrogen-bond acceptors (Lipinski definition) is 2. The molecule has 0 radical (unpaired) electrons. The summed E-state index contributed by atoms with van der Waals surface area (Å²) in [5.74, 6) is 1.68. The van der Waals surface area contributed by atoms with Crippen LogP contribution in [0.15, 0.2) is 24.4 Å².